The van der Waals surface area contributed by atoms with Gasteiger partial charge in [0, 0.05) is 23.0 Å². The summed E-state index contributed by atoms with van der Waals surface area (Å²) in [6, 6.07) is 9.33. The van der Waals surface area contributed by atoms with Crippen LogP contribution >= 0.6 is 0 Å². The van der Waals surface area contributed by atoms with E-state index in [9.17, 15) is 0 Å². The number of piperidine rings is 1. The van der Waals surface area contributed by atoms with Crippen LogP contribution in [0.15, 0.2) is 24.3 Å². The van der Waals surface area contributed by atoms with Crippen molar-refractivity contribution in [3.8, 4) is 0 Å². The Kier molecular flexibility index (Phi) is 3.09. The second-order valence-electron chi connectivity index (χ2n) is 7.46. The van der Waals surface area contributed by atoms with Gasteiger partial charge in [-0.2, -0.15) is 0 Å². The average molecular weight is 294 g/mol. The molecule has 0 radical (unpaired) electrons. The Balaban J connectivity index is 1.82. The maximum atomic E-state index is 4.73. The van der Waals surface area contributed by atoms with Gasteiger partial charge in [-0.3, -0.25) is 4.98 Å². The maximum Gasteiger partial charge on any atom is 0.0708 e. The van der Waals surface area contributed by atoms with E-state index in [1.807, 2.05) is 0 Å². The van der Waals surface area contributed by atoms with Gasteiger partial charge >= 0.3 is 0 Å². The predicted molar refractivity (Wildman–Crippen MR) is 92.3 cm³/mol. The van der Waals surface area contributed by atoms with Gasteiger partial charge in [-0.25, -0.2) is 0 Å². The van der Waals surface area contributed by atoms with Gasteiger partial charge in [-0.05, 0) is 74.5 Å². The second kappa shape index (κ2) is 4.79. The Bertz CT molecular complexity index is 736. The molecule has 1 aliphatic carbocycles. The summed E-state index contributed by atoms with van der Waals surface area (Å²) in [5, 5.41) is 1.37. The normalized spacial score (nSPS) is 31.3. The fourth-order valence-electron chi connectivity index (χ4n) is 4.91. The molecule has 2 aromatic rings. The molecule has 3 atom stereocenters. The number of likely N-dealkylation sites (tertiary alicyclic amines) is 1. The smallest absolute Gasteiger partial charge is 0.0708 e. The molecule has 3 unspecified atom stereocenters. The van der Waals surface area contributed by atoms with Crippen LogP contribution in [-0.2, 0) is 11.8 Å². The molecule has 0 amide bonds. The first-order valence-corrected chi connectivity index (χ1v) is 8.65. The van der Waals surface area contributed by atoms with Crippen molar-refractivity contribution >= 4 is 10.9 Å². The van der Waals surface area contributed by atoms with Crippen LogP contribution in [0.2, 0.25) is 0 Å². The molecule has 116 valence electrons. The van der Waals surface area contributed by atoms with Crippen LogP contribution < -0.4 is 0 Å². The number of nitrogens with zero attached hydrogens (tertiary/aromatic N) is 2. The van der Waals surface area contributed by atoms with E-state index in [-0.39, 0.29) is 0 Å². The molecule has 1 saturated carbocycles. The monoisotopic (exact) mass is 294 g/mol. The van der Waals surface area contributed by atoms with Gasteiger partial charge in [0.2, 0.25) is 0 Å². The molecule has 4 rings (SSSR count). The number of aromatic nitrogens is 1. The topological polar surface area (TPSA) is 16.1 Å². The molecular weight excluding hydrogens is 268 g/mol. The Labute approximate surface area is 133 Å². The molecular formula is C20H26N2. The molecule has 2 heterocycles. The van der Waals surface area contributed by atoms with Crippen LogP contribution in [0.4, 0.5) is 0 Å². The third-order valence-corrected chi connectivity index (χ3v) is 6.32. The minimum atomic E-state index is 0.441. The highest BCUT2D eigenvalue weighted by atomic mass is 15.1. The fraction of sp³-hybridized carbons (Fsp3) is 0.550. The van der Waals surface area contributed by atoms with Crippen molar-refractivity contribution in [1.29, 1.82) is 0 Å². The zero-order valence-electron chi connectivity index (χ0n) is 14.2. The lowest BCUT2D eigenvalue weighted by molar-refractivity contribution is 0.248. The van der Waals surface area contributed by atoms with E-state index in [1.54, 1.807) is 5.56 Å². The predicted octanol–water partition coefficient (Wildman–Crippen LogP) is 3.94. The van der Waals surface area contributed by atoms with Gasteiger partial charge in [0.25, 0.3) is 0 Å². The van der Waals surface area contributed by atoms with Crippen LogP contribution in [0.25, 0.3) is 10.9 Å². The number of pyridine rings is 1. The summed E-state index contributed by atoms with van der Waals surface area (Å²) in [6.45, 7) is 9.28. The van der Waals surface area contributed by atoms with Crippen LogP contribution in [-0.4, -0.2) is 30.0 Å². The zero-order chi connectivity index (χ0) is 15.5. The Morgan fingerprint density at radius 3 is 2.86 bits per heavy atom. The Morgan fingerprint density at radius 2 is 2.14 bits per heavy atom. The minimum Gasteiger partial charge on any atom is -0.306 e. The third kappa shape index (κ3) is 1.86. The summed E-state index contributed by atoms with van der Waals surface area (Å²) in [4.78, 5) is 7.23. The van der Waals surface area contributed by atoms with Crippen molar-refractivity contribution in [3.63, 3.8) is 0 Å². The molecule has 1 aromatic heterocycles. The van der Waals surface area contributed by atoms with E-state index in [1.165, 1.54) is 30.5 Å². The van der Waals surface area contributed by atoms with Gasteiger partial charge in [-0.1, -0.05) is 19.9 Å². The van der Waals surface area contributed by atoms with E-state index in [4.69, 9.17) is 4.98 Å². The first kappa shape index (κ1) is 14.2. The highest BCUT2D eigenvalue weighted by Gasteiger charge is 2.63. The van der Waals surface area contributed by atoms with Crippen molar-refractivity contribution in [2.24, 2.45) is 11.8 Å². The Morgan fingerprint density at radius 1 is 1.32 bits per heavy atom. The Hall–Kier alpha value is -1.41. The van der Waals surface area contributed by atoms with Crippen molar-refractivity contribution in [2.75, 3.05) is 20.1 Å². The molecule has 2 heteroatoms. The van der Waals surface area contributed by atoms with Gasteiger partial charge in [0.05, 0.1) is 5.52 Å². The van der Waals surface area contributed by atoms with Crippen molar-refractivity contribution < 1.29 is 0 Å². The summed E-state index contributed by atoms with van der Waals surface area (Å²) in [6.07, 6.45) is 2.39. The van der Waals surface area contributed by atoms with Crippen molar-refractivity contribution in [2.45, 2.75) is 39.0 Å². The van der Waals surface area contributed by atoms with Crippen LogP contribution in [0.5, 0.6) is 0 Å². The molecule has 22 heavy (non-hydrogen) atoms. The van der Waals surface area contributed by atoms with Gasteiger partial charge < -0.3 is 4.90 Å². The molecule has 0 N–H and O–H groups in total. The first-order valence-electron chi connectivity index (χ1n) is 8.65. The standard InChI is InChI=1S/C20H26N2/c1-5-15-10-13(2)21-19-7-6-16(11-17(15)19)20-8-9-22(4)12-18(20)14(20)3/h6-7,10-11,14,18H,5,8-9,12H2,1-4H3. The number of rotatable bonds is 2. The number of hydrogen-bond acceptors (Lipinski definition) is 2. The molecule has 2 nitrogen and oxygen atoms in total. The SMILES string of the molecule is CCc1cc(C)nc2ccc(C34CCN(C)CC3C4C)cc12. The largest absolute Gasteiger partial charge is 0.306 e. The van der Waals surface area contributed by atoms with Crippen molar-refractivity contribution in [1.82, 2.24) is 9.88 Å². The summed E-state index contributed by atoms with van der Waals surface area (Å²) in [5.41, 5.74) is 5.74. The molecule has 1 aliphatic heterocycles. The van der Waals surface area contributed by atoms with Crippen molar-refractivity contribution in [3.05, 3.63) is 41.1 Å². The van der Waals surface area contributed by atoms with E-state index >= 15 is 0 Å². The van der Waals surface area contributed by atoms with E-state index in [2.05, 4.69) is 57.0 Å². The fourth-order valence-corrected chi connectivity index (χ4v) is 4.91. The maximum absolute atomic E-state index is 4.73. The number of benzene rings is 1. The molecule has 0 bridgehead atoms. The molecule has 2 aliphatic rings. The van der Waals surface area contributed by atoms with Gasteiger partial charge in [0.15, 0.2) is 0 Å². The second-order valence-corrected chi connectivity index (χ2v) is 7.46. The number of hydrogen-bond donors (Lipinski definition) is 0. The van der Waals surface area contributed by atoms with Gasteiger partial charge in [0.1, 0.15) is 0 Å². The summed E-state index contributed by atoms with van der Waals surface area (Å²) < 4.78 is 0. The zero-order valence-corrected chi connectivity index (χ0v) is 14.2. The molecule has 1 saturated heterocycles. The molecule has 0 spiro atoms. The molecule has 1 aromatic carbocycles. The highest BCUT2D eigenvalue weighted by Crippen LogP contribution is 2.64. The van der Waals surface area contributed by atoms with Crippen LogP contribution in [0, 0.1) is 18.8 Å². The lowest BCUT2D eigenvalue weighted by atomic mass is 9.85. The third-order valence-electron chi connectivity index (χ3n) is 6.32. The van der Waals surface area contributed by atoms with Crippen LogP contribution in [0.1, 0.15) is 37.1 Å². The van der Waals surface area contributed by atoms with E-state index in [0.29, 0.717) is 5.41 Å². The number of aryl methyl sites for hydroxylation is 2. The summed E-state index contributed by atoms with van der Waals surface area (Å²) >= 11 is 0. The minimum absolute atomic E-state index is 0.441. The lowest BCUT2D eigenvalue weighted by Crippen LogP contribution is -2.33. The van der Waals surface area contributed by atoms with Crippen LogP contribution in [0.3, 0.4) is 0 Å². The number of fused-ring (bicyclic) bond motifs is 2. The highest BCUT2D eigenvalue weighted by molar-refractivity contribution is 5.83. The summed E-state index contributed by atoms with van der Waals surface area (Å²) in [5.74, 6) is 1.66. The van der Waals surface area contributed by atoms with E-state index in [0.717, 1.165) is 29.5 Å². The van der Waals surface area contributed by atoms with Gasteiger partial charge in [-0.15, -0.1) is 0 Å². The van der Waals surface area contributed by atoms with E-state index < -0.39 is 0 Å². The average Bonchev–Trinajstić information content (AvgIpc) is 3.11. The lowest BCUT2D eigenvalue weighted by Gasteiger charge is -2.29. The first-order chi connectivity index (χ1) is 10.6. The molecule has 2 fully saturated rings. The quantitative estimate of drug-likeness (QED) is 0.834. The summed E-state index contributed by atoms with van der Waals surface area (Å²) in [7, 11) is 2.26.